The Hall–Kier alpha value is -1.60. The van der Waals surface area contributed by atoms with E-state index in [1.54, 1.807) is 6.07 Å². The molecule has 0 bridgehead atoms. The highest BCUT2D eigenvalue weighted by atomic mass is 35.5. The molecule has 1 saturated carbocycles. The van der Waals surface area contributed by atoms with E-state index in [-0.39, 0.29) is 23.3 Å². The molecule has 30 heavy (non-hydrogen) atoms. The fourth-order valence-corrected chi connectivity index (χ4v) is 5.99. The predicted octanol–water partition coefficient (Wildman–Crippen LogP) is 5.32. The van der Waals surface area contributed by atoms with E-state index in [4.69, 9.17) is 38.8 Å². The smallest absolute Gasteiger partial charge is 0.320 e. The molecule has 2 aromatic rings. The topological polar surface area (TPSA) is 104 Å². The van der Waals surface area contributed by atoms with Crippen LogP contribution < -0.4 is 5.73 Å². The molecule has 8 heteroatoms. The molecule has 1 aliphatic carbocycles. The van der Waals surface area contributed by atoms with Crippen molar-refractivity contribution in [1.82, 2.24) is 0 Å². The first-order valence-electron chi connectivity index (χ1n) is 9.90. The number of nitrogens with one attached hydrogen (secondary N) is 1. The van der Waals surface area contributed by atoms with Crippen LogP contribution >= 0.6 is 23.2 Å². The summed E-state index contributed by atoms with van der Waals surface area (Å²) < 4.78 is 20.8. The van der Waals surface area contributed by atoms with Gasteiger partial charge in [0.15, 0.2) is 0 Å². The van der Waals surface area contributed by atoms with Gasteiger partial charge in [0.25, 0.3) is 0 Å². The minimum Gasteiger partial charge on any atom is -0.480 e. The summed E-state index contributed by atoms with van der Waals surface area (Å²) in [6.45, 7) is 0. The van der Waals surface area contributed by atoms with Crippen LogP contribution in [0.4, 0.5) is 0 Å². The lowest BCUT2D eigenvalue weighted by atomic mass is 9.63. The zero-order valence-electron chi connectivity index (χ0n) is 16.6. The predicted molar refractivity (Wildman–Crippen MR) is 123 cm³/mol. The van der Waals surface area contributed by atoms with E-state index >= 15 is 0 Å². The molecule has 0 aliphatic heterocycles. The average molecular weight is 469 g/mol. The maximum Gasteiger partial charge on any atom is 0.320 e. The fourth-order valence-electron chi connectivity index (χ4n) is 3.92. The van der Waals surface area contributed by atoms with Crippen molar-refractivity contribution < 1.29 is 14.1 Å². The van der Waals surface area contributed by atoms with Crippen molar-refractivity contribution in [2.45, 2.75) is 43.6 Å². The SMILES string of the molecule is N=S(=O)(CC[C@H](N)C(=O)O)CCC1(c2ccc(-c3ccc(Cl)cc3Cl)cc2)CCC1. The molecule has 0 aromatic heterocycles. The van der Waals surface area contributed by atoms with E-state index in [2.05, 4.69) is 12.1 Å². The van der Waals surface area contributed by atoms with Gasteiger partial charge in [0, 0.05) is 36.8 Å². The van der Waals surface area contributed by atoms with Crippen molar-refractivity contribution in [3.63, 3.8) is 0 Å². The van der Waals surface area contributed by atoms with Crippen LogP contribution in [0.15, 0.2) is 42.5 Å². The quantitative estimate of drug-likeness (QED) is 0.462. The van der Waals surface area contributed by atoms with Gasteiger partial charge in [0.05, 0.1) is 0 Å². The number of aliphatic carboxylic acids is 1. The molecule has 1 fully saturated rings. The summed E-state index contributed by atoms with van der Waals surface area (Å²) in [5.41, 5.74) is 8.52. The Balaban J connectivity index is 1.70. The third-order valence-corrected chi connectivity index (χ3v) is 8.34. The molecule has 2 atom stereocenters. The fraction of sp³-hybridized carbons (Fsp3) is 0.409. The van der Waals surface area contributed by atoms with Gasteiger partial charge in [-0.05, 0) is 54.4 Å². The Morgan fingerprint density at radius 3 is 2.37 bits per heavy atom. The summed E-state index contributed by atoms with van der Waals surface area (Å²) >= 11 is 12.3. The Labute approximate surface area is 187 Å². The highest BCUT2D eigenvalue weighted by Crippen LogP contribution is 2.47. The van der Waals surface area contributed by atoms with Gasteiger partial charge in [0.2, 0.25) is 0 Å². The molecule has 162 valence electrons. The summed E-state index contributed by atoms with van der Waals surface area (Å²) in [7, 11) is -2.86. The average Bonchev–Trinajstić information content (AvgIpc) is 2.66. The van der Waals surface area contributed by atoms with Crippen LogP contribution in [-0.4, -0.2) is 32.8 Å². The molecule has 0 saturated heterocycles. The number of carboxylic acid groups (broad SMARTS) is 1. The van der Waals surface area contributed by atoms with Gasteiger partial charge < -0.3 is 10.8 Å². The lowest BCUT2D eigenvalue weighted by Crippen LogP contribution is -2.37. The molecule has 0 spiro atoms. The third-order valence-electron chi connectivity index (χ3n) is 6.04. The maximum atomic E-state index is 12.6. The van der Waals surface area contributed by atoms with E-state index in [0.717, 1.165) is 30.4 Å². The van der Waals surface area contributed by atoms with E-state index in [9.17, 15) is 9.00 Å². The number of hydrogen-bond acceptors (Lipinski definition) is 4. The molecule has 5 nitrogen and oxygen atoms in total. The molecular weight excluding hydrogens is 443 g/mol. The summed E-state index contributed by atoms with van der Waals surface area (Å²) in [5, 5.41) is 10.1. The number of halogens is 2. The molecular formula is C22H26Cl2N2O3S. The van der Waals surface area contributed by atoms with Crippen LogP contribution in [-0.2, 0) is 19.9 Å². The van der Waals surface area contributed by atoms with Gasteiger partial charge in [-0.15, -0.1) is 0 Å². The molecule has 1 unspecified atom stereocenters. The standard InChI is InChI=1S/C22H26Cl2N2O3S/c23-17-6-7-18(19(24)14-17)15-2-4-16(5-3-15)22(9-1-10-22)11-13-30(26,29)12-8-20(25)21(27)28/h2-7,14,20,26H,1,8-13,25H2,(H,27,28)/t20-,30?/m0/s1. The maximum absolute atomic E-state index is 12.6. The zero-order chi connectivity index (χ0) is 21.9. The lowest BCUT2D eigenvalue weighted by molar-refractivity contribution is -0.138. The second kappa shape index (κ2) is 9.27. The van der Waals surface area contributed by atoms with Crippen molar-refractivity contribution in [3.8, 4) is 11.1 Å². The number of carboxylic acids is 1. The van der Waals surface area contributed by atoms with Gasteiger partial charge in [-0.2, -0.15) is 0 Å². The lowest BCUT2D eigenvalue weighted by Gasteiger charge is -2.43. The van der Waals surface area contributed by atoms with Crippen molar-refractivity contribution in [2.24, 2.45) is 5.73 Å². The molecule has 4 N–H and O–H groups in total. The number of hydrogen-bond donors (Lipinski definition) is 3. The monoisotopic (exact) mass is 468 g/mol. The highest BCUT2D eigenvalue weighted by Gasteiger charge is 2.39. The van der Waals surface area contributed by atoms with E-state index < -0.39 is 21.7 Å². The molecule has 0 radical (unpaired) electrons. The molecule has 0 amide bonds. The Morgan fingerprint density at radius 1 is 1.17 bits per heavy atom. The summed E-state index contributed by atoms with van der Waals surface area (Å²) in [6, 6.07) is 12.6. The van der Waals surface area contributed by atoms with Gasteiger partial charge in [-0.1, -0.05) is 60.0 Å². The summed E-state index contributed by atoms with van der Waals surface area (Å²) in [4.78, 5) is 10.8. The Kier molecular flexibility index (Phi) is 7.13. The van der Waals surface area contributed by atoms with Crippen molar-refractivity contribution in [2.75, 3.05) is 11.5 Å². The second-order valence-corrected chi connectivity index (χ2v) is 11.3. The third kappa shape index (κ3) is 5.35. The van der Waals surface area contributed by atoms with Crippen LogP contribution in [0.5, 0.6) is 0 Å². The van der Waals surface area contributed by atoms with Crippen molar-refractivity contribution in [3.05, 3.63) is 58.1 Å². The Morgan fingerprint density at radius 2 is 1.83 bits per heavy atom. The van der Waals surface area contributed by atoms with Crippen LogP contribution in [0.25, 0.3) is 11.1 Å². The number of nitrogens with two attached hydrogens (primary N) is 1. The first-order valence-corrected chi connectivity index (χ1v) is 12.6. The zero-order valence-corrected chi connectivity index (χ0v) is 18.9. The van der Waals surface area contributed by atoms with E-state index in [1.165, 1.54) is 5.56 Å². The number of benzene rings is 2. The normalized spacial score (nSPS) is 18.2. The van der Waals surface area contributed by atoms with Crippen molar-refractivity contribution >= 4 is 38.9 Å². The number of rotatable bonds is 9. The molecule has 0 heterocycles. The van der Waals surface area contributed by atoms with E-state index in [1.807, 2.05) is 24.3 Å². The van der Waals surface area contributed by atoms with Crippen LogP contribution in [0, 0.1) is 4.78 Å². The van der Waals surface area contributed by atoms with Crippen molar-refractivity contribution in [1.29, 1.82) is 4.78 Å². The summed E-state index contributed by atoms with van der Waals surface area (Å²) in [5.74, 6) is -0.851. The molecule has 3 rings (SSSR count). The summed E-state index contributed by atoms with van der Waals surface area (Å²) in [6.07, 6.45) is 3.81. The highest BCUT2D eigenvalue weighted by molar-refractivity contribution is 7.92. The first kappa shape index (κ1) is 23.1. The molecule has 2 aromatic carbocycles. The van der Waals surface area contributed by atoms with Crippen LogP contribution in [0.1, 0.15) is 37.7 Å². The number of carbonyl (C=O) groups is 1. The largest absolute Gasteiger partial charge is 0.480 e. The van der Waals surface area contributed by atoms with Gasteiger partial charge >= 0.3 is 5.97 Å². The second-order valence-electron chi connectivity index (χ2n) is 8.04. The van der Waals surface area contributed by atoms with Gasteiger partial charge in [-0.3, -0.25) is 9.57 Å². The Bertz CT molecular complexity index is 1020. The van der Waals surface area contributed by atoms with E-state index in [0.29, 0.717) is 16.5 Å². The minimum atomic E-state index is -2.86. The van der Waals surface area contributed by atoms with Crippen LogP contribution in [0.3, 0.4) is 0 Å². The van der Waals surface area contributed by atoms with Gasteiger partial charge in [-0.25, -0.2) is 4.21 Å². The molecule has 1 aliphatic rings. The van der Waals surface area contributed by atoms with Crippen LogP contribution in [0.2, 0.25) is 10.0 Å². The first-order chi connectivity index (χ1) is 14.1. The minimum absolute atomic E-state index is 0.0184. The van der Waals surface area contributed by atoms with Gasteiger partial charge in [0.1, 0.15) is 6.04 Å².